The van der Waals surface area contributed by atoms with Gasteiger partial charge in [-0.15, -0.1) is 11.8 Å². The third-order valence-corrected chi connectivity index (χ3v) is 11.0. The lowest BCUT2D eigenvalue weighted by Gasteiger charge is -2.30. The number of thioether (sulfide) groups is 1. The number of carbonyl (C=O) groups excluding carboxylic acids is 4. The van der Waals surface area contributed by atoms with Crippen LogP contribution in [0.1, 0.15) is 98.3 Å². The summed E-state index contributed by atoms with van der Waals surface area (Å²) in [6.45, 7) is 6.79. The highest BCUT2D eigenvalue weighted by Gasteiger charge is 2.43. The van der Waals surface area contributed by atoms with Crippen LogP contribution in [0.4, 0.5) is 0 Å². The molecule has 0 bridgehead atoms. The molecule has 0 radical (unpaired) electrons. The van der Waals surface area contributed by atoms with Crippen molar-refractivity contribution in [3.63, 3.8) is 0 Å². The molecule has 0 spiro atoms. The second kappa shape index (κ2) is 14.4. The van der Waals surface area contributed by atoms with Crippen LogP contribution >= 0.6 is 11.8 Å². The number of hydrogen-bond donors (Lipinski definition) is 2. The van der Waals surface area contributed by atoms with E-state index in [4.69, 9.17) is 0 Å². The van der Waals surface area contributed by atoms with E-state index in [-0.39, 0.29) is 41.9 Å². The van der Waals surface area contributed by atoms with Crippen LogP contribution in [-0.4, -0.2) is 51.9 Å². The Morgan fingerprint density at radius 2 is 1.78 bits per heavy atom. The molecule has 3 heterocycles. The largest absolute Gasteiger partial charge is 0.356 e. The number of nitrogens with zero attached hydrogens (tertiary/aromatic N) is 2. The van der Waals surface area contributed by atoms with Crippen LogP contribution in [0.5, 0.6) is 0 Å². The third kappa shape index (κ3) is 6.61. The van der Waals surface area contributed by atoms with Gasteiger partial charge in [-0.3, -0.25) is 24.1 Å². The van der Waals surface area contributed by atoms with Gasteiger partial charge < -0.3 is 15.2 Å². The minimum Gasteiger partial charge on any atom is -0.356 e. The van der Waals surface area contributed by atoms with E-state index in [9.17, 15) is 19.2 Å². The Morgan fingerprint density at radius 3 is 2.54 bits per heavy atom. The molecule has 6 rings (SSSR count). The zero-order valence-electron chi connectivity index (χ0n) is 27.1. The Balaban J connectivity index is 1.05. The molecule has 2 aliphatic heterocycles. The van der Waals surface area contributed by atoms with Crippen LogP contribution in [0.15, 0.2) is 47.5 Å². The van der Waals surface area contributed by atoms with Gasteiger partial charge in [0, 0.05) is 60.5 Å². The summed E-state index contributed by atoms with van der Waals surface area (Å²) < 4.78 is 2.35. The summed E-state index contributed by atoms with van der Waals surface area (Å²) in [5, 5.41) is 9.43. The molecule has 2 N–H and O–H groups in total. The van der Waals surface area contributed by atoms with E-state index < -0.39 is 5.92 Å². The molecule has 46 heavy (non-hydrogen) atoms. The monoisotopic (exact) mass is 642 g/mol. The summed E-state index contributed by atoms with van der Waals surface area (Å²) in [4.78, 5) is 53.6. The van der Waals surface area contributed by atoms with E-state index in [0.29, 0.717) is 19.6 Å². The molecule has 9 heteroatoms. The summed E-state index contributed by atoms with van der Waals surface area (Å²) in [6, 6.07) is 14.2. The molecule has 1 saturated carbocycles. The van der Waals surface area contributed by atoms with Crippen LogP contribution in [0.3, 0.4) is 0 Å². The average Bonchev–Trinajstić information content (AvgIpc) is 3.68. The molecule has 1 aromatic heterocycles. The Bertz CT molecular complexity index is 1620. The highest BCUT2D eigenvalue weighted by molar-refractivity contribution is 7.99. The molecule has 2 aromatic carbocycles. The molecule has 3 aliphatic rings. The molecule has 1 atom stereocenters. The van der Waals surface area contributed by atoms with Gasteiger partial charge in [0.15, 0.2) is 0 Å². The molecule has 8 nitrogen and oxygen atoms in total. The van der Waals surface area contributed by atoms with Gasteiger partial charge in [-0.2, -0.15) is 0 Å². The van der Waals surface area contributed by atoms with Gasteiger partial charge in [0.05, 0.1) is 10.9 Å². The van der Waals surface area contributed by atoms with Crippen molar-refractivity contribution in [1.82, 2.24) is 20.1 Å². The minimum atomic E-state index is -0.449. The van der Waals surface area contributed by atoms with Crippen LogP contribution < -0.4 is 10.6 Å². The molecule has 1 unspecified atom stereocenters. The first kappa shape index (κ1) is 32.4. The number of nitrogens with one attached hydrogen (secondary N) is 2. The van der Waals surface area contributed by atoms with Gasteiger partial charge in [0.25, 0.3) is 5.91 Å². The third-order valence-electron chi connectivity index (χ3n) is 10.0. The smallest absolute Gasteiger partial charge is 0.251 e. The number of rotatable bonds is 13. The molecular weight excluding hydrogens is 596 g/mol. The average molecular weight is 643 g/mol. The Hall–Kier alpha value is -3.59. The summed E-state index contributed by atoms with van der Waals surface area (Å²) in [7, 11) is 0. The number of unbranched alkanes of at least 4 members (excludes halogenated alkanes) is 2. The number of benzene rings is 2. The molecule has 2 fully saturated rings. The summed E-state index contributed by atoms with van der Waals surface area (Å²) in [5.74, 6) is 0.602. The Kier molecular flexibility index (Phi) is 10.2. The van der Waals surface area contributed by atoms with Gasteiger partial charge in [-0.25, -0.2) is 0 Å². The van der Waals surface area contributed by atoms with Crippen molar-refractivity contribution < 1.29 is 19.2 Å². The van der Waals surface area contributed by atoms with Crippen molar-refractivity contribution in [2.45, 2.75) is 95.7 Å². The van der Waals surface area contributed by atoms with Crippen molar-refractivity contribution in [1.29, 1.82) is 0 Å². The fourth-order valence-electron chi connectivity index (χ4n) is 7.57. The molecular formula is C37H46N4O4S. The molecule has 1 saturated heterocycles. The lowest BCUT2D eigenvalue weighted by atomic mass is 9.81. The zero-order valence-corrected chi connectivity index (χ0v) is 27.9. The van der Waals surface area contributed by atoms with E-state index in [1.165, 1.54) is 15.3 Å². The van der Waals surface area contributed by atoms with Crippen LogP contribution in [0.25, 0.3) is 10.8 Å². The quantitative estimate of drug-likeness (QED) is 0.132. The van der Waals surface area contributed by atoms with E-state index in [1.807, 2.05) is 36.0 Å². The number of aromatic nitrogens is 1. The van der Waals surface area contributed by atoms with Gasteiger partial charge >= 0.3 is 0 Å². The fourth-order valence-corrected chi connectivity index (χ4v) is 8.53. The number of amides is 4. The van der Waals surface area contributed by atoms with E-state index in [0.717, 1.165) is 91.4 Å². The first-order chi connectivity index (χ1) is 22.4. The van der Waals surface area contributed by atoms with Gasteiger partial charge in [-0.05, 0) is 67.4 Å². The zero-order chi connectivity index (χ0) is 32.2. The van der Waals surface area contributed by atoms with Crippen molar-refractivity contribution in [3.05, 3.63) is 64.8 Å². The standard InChI is InChI=1S/C37H46N4O4S/c1-3-5-8-19-40-33(29-9-6-7-10-30(29)37(40)46-4-2)31-21-32(42)41(36(31)45)23-25-11-14-26(15-12-25)34(43)38-18-17-24-13-16-28-27(20-24)22-39-35(28)44/h6-7,9-10,13,16,20,25-26,31H,3-5,8,11-12,14-15,17-19,21-23H2,1-2H3,(H,38,43)(H,39,44). The predicted molar refractivity (Wildman–Crippen MR) is 182 cm³/mol. The van der Waals surface area contributed by atoms with Crippen molar-refractivity contribution in [3.8, 4) is 0 Å². The van der Waals surface area contributed by atoms with Crippen molar-refractivity contribution >= 4 is 46.2 Å². The highest BCUT2D eigenvalue weighted by atomic mass is 32.2. The Labute approximate surface area is 276 Å². The van der Waals surface area contributed by atoms with Crippen LogP contribution in [-0.2, 0) is 33.9 Å². The molecule has 244 valence electrons. The summed E-state index contributed by atoms with van der Waals surface area (Å²) >= 11 is 1.82. The van der Waals surface area contributed by atoms with E-state index in [2.05, 4.69) is 47.2 Å². The predicted octanol–water partition coefficient (Wildman–Crippen LogP) is 6.19. The van der Waals surface area contributed by atoms with Crippen LogP contribution in [0.2, 0.25) is 0 Å². The maximum Gasteiger partial charge on any atom is 0.251 e. The Morgan fingerprint density at radius 1 is 1.00 bits per heavy atom. The fraction of sp³-hybridized carbons (Fsp3) is 0.514. The SMILES string of the molecule is CCCCCn1c(SCC)c2ccccc2c1C1CC(=O)N(CC2CCC(C(=O)NCCc3ccc4c(c3)CNC4=O)CC2)C1=O. The first-order valence-corrected chi connectivity index (χ1v) is 18.1. The first-order valence-electron chi connectivity index (χ1n) is 17.1. The topological polar surface area (TPSA) is 101 Å². The number of imide groups is 1. The van der Waals surface area contributed by atoms with E-state index >= 15 is 0 Å². The second-order valence-corrected chi connectivity index (χ2v) is 14.3. The number of fused-ring (bicyclic) bond motifs is 2. The second-order valence-electron chi connectivity index (χ2n) is 13.1. The number of hydrogen-bond acceptors (Lipinski definition) is 5. The van der Waals surface area contributed by atoms with Crippen LogP contribution in [0, 0.1) is 11.8 Å². The highest BCUT2D eigenvalue weighted by Crippen LogP contribution is 2.42. The maximum atomic E-state index is 14.0. The summed E-state index contributed by atoms with van der Waals surface area (Å²) in [5.41, 5.74) is 3.87. The van der Waals surface area contributed by atoms with Crippen molar-refractivity contribution in [2.75, 3.05) is 18.8 Å². The number of carbonyl (C=O) groups is 4. The lowest BCUT2D eigenvalue weighted by molar-refractivity contribution is -0.140. The van der Waals surface area contributed by atoms with E-state index in [1.54, 1.807) is 0 Å². The normalized spacial score (nSPS) is 21.2. The van der Waals surface area contributed by atoms with Gasteiger partial charge in [0.1, 0.15) is 0 Å². The van der Waals surface area contributed by atoms with Crippen molar-refractivity contribution in [2.24, 2.45) is 11.8 Å². The molecule has 1 aliphatic carbocycles. The lowest BCUT2D eigenvalue weighted by Crippen LogP contribution is -2.39. The maximum absolute atomic E-state index is 14.0. The summed E-state index contributed by atoms with van der Waals surface area (Å²) in [6.07, 6.45) is 7.46. The molecule has 3 aromatic rings. The molecule has 4 amide bonds. The van der Waals surface area contributed by atoms with Gasteiger partial charge in [-0.1, -0.05) is 63.1 Å². The van der Waals surface area contributed by atoms with Gasteiger partial charge in [0.2, 0.25) is 17.7 Å². The minimum absolute atomic E-state index is 0.0227. The number of likely N-dealkylation sites (tertiary alicyclic amines) is 1.